The molecule has 1 aliphatic carbocycles. The number of likely N-dealkylation sites (N-methyl/N-ethyl adjacent to an activating group) is 1. The molecule has 0 bridgehead atoms. The third-order valence-electron chi connectivity index (χ3n) is 4.68. The van der Waals surface area contributed by atoms with Gasteiger partial charge in [-0.15, -0.1) is 10.2 Å². The van der Waals surface area contributed by atoms with Crippen LogP contribution in [0.15, 0.2) is 24.3 Å². The molecule has 1 saturated carbocycles. The van der Waals surface area contributed by atoms with E-state index < -0.39 is 6.10 Å². The van der Waals surface area contributed by atoms with E-state index in [0.717, 1.165) is 36.8 Å². The Hall–Kier alpha value is -2.28. The van der Waals surface area contributed by atoms with Gasteiger partial charge in [-0.2, -0.15) is 5.21 Å². The SMILES string of the molecule is CN(Cc1cccc(-c2nn[nH]n2)c1)C(=O)[C@H](O)C1CCCCC1. The molecule has 0 unspecified atom stereocenters. The number of hydrogen-bond donors (Lipinski definition) is 2. The van der Waals surface area contributed by atoms with Gasteiger partial charge in [-0.05, 0) is 35.6 Å². The Morgan fingerprint density at radius 2 is 2.17 bits per heavy atom. The molecular formula is C17H23N5O2. The number of H-pyrrole nitrogens is 1. The average molecular weight is 329 g/mol. The molecule has 0 spiro atoms. The van der Waals surface area contributed by atoms with Gasteiger partial charge < -0.3 is 10.0 Å². The molecule has 2 aromatic rings. The number of amides is 1. The molecule has 128 valence electrons. The Morgan fingerprint density at radius 3 is 2.88 bits per heavy atom. The van der Waals surface area contributed by atoms with Crippen LogP contribution in [0.2, 0.25) is 0 Å². The molecule has 24 heavy (non-hydrogen) atoms. The van der Waals surface area contributed by atoms with Gasteiger partial charge in [-0.1, -0.05) is 37.5 Å². The minimum absolute atomic E-state index is 0.0966. The molecule has 2 N–H and O–H groups in total. The molecule has 3 rings (SSSR count). The topological polar surface area (TPSA) is 95.0 Å². The zero-order chi connectivity index (χ0) is 16.9. The molecule has 1 aromatic heterocycles. The number of rotatable bonds is 5. The van der Waals surface area contributed by atoms with Crippen molar-refractivity contribution >= 4 is 5.91 Å². The number of aromatic nitrogens is 4. The van der Waals surface area contributed by atoms with E-state index in [1.807, 2.05) is 24.3 Å². The summed E-state index contributed by atoms with van der Waals surface area (Å²) >= 11 is 0. The first kappa shape index (κ1) is 16.6. The monoisotopic (exact) mass is 329 g/mol. The smallest absolute Gasteiger partial charge is 0.251 e. The fraction of sp³-hybridized carbons (Fsp3) is 0.529. The fourth-order valence-electron chi connectivity index (χ4n) is 3.32. The van der Waals surface area contributed by atoms with Crippen LogP contribution in [0.1, 0.15) is 37.7 Å². The second kappa shape index (κ2) is 7.53. The van der Waals surface area contributed by atoms with Crippen LogP contribution in [0, 0.1) is 5.92 Å². The van der Waals surface area contributed by atoms with Crippen LogP contribution in [0.5, 0.6) is 0 Å². The van der Waals surface area contributed by atoms with Crippen LogP contribution in [0.3, 0.4) is 0 Å². The van der Waals surface area contributed by atoms with E-state index in [2.05, 4.69) is 20.6 Å². The Balaban J connectivity index is 1.64. The van der Waals surface area contributed by atoms with Gasteiger partial charge in [0, 0.05) is 19.2 Å². The first-order valence-electron chi connectivity index (χ1n) is 8.41. The van der Waals surface area contributed by atoms with Gasteiger partial charge in [0.05, 0.1) is 0 Å². The molecule has 1 atom stereocenters. The highest BCUT2D eigenvalue weighted by molar-refractivity contribution is 5.80. The largest absolute Gasteiger partial charge is 0.383 e. The van der Waals surface area contributed by atoms with Crippen molar-refractivity contribution in [1.29, 1.82) is 0 Å². The summed E-state index contributed by atoms with van der Waals surface area (Å²) in [5.41, 5.74) is 1.80. The number of nitrogens with one attached hydrogen (secondary N) is 1. The third kappa shape index (κ3) is 3.79. The van der Waals surface area contributed by atoms with Gasteiger partial charge in [0.1, 0.15) is 6.10 Å². The number of aromatic amines is 1. The van der Waals surface area contributed by atoms with Gasteiger partial charge in [-0.3, -0.25) is 4.79 Å². The third-order valence-corrected chi connectivity index (χ3v) is 4.68. The first-order chi connectivity index (χ1) is 11.6. The van der Waals surface area contributed by atoms with Crippen molar-refractivity contribution < 1.29 is 9.90 Å². The quantitative estimate of drug-likeness (QED) is 0.871. The molecule has 7 heteroatoms. The standard InChI is InChI=1S/C17H23N5O2/c1-22(17(24)15(23)13-7-3-2-4-8-13)11-12-6-5-9-14(10-12)16-18-20-21-19-16/h5-6,9-10,13,15,23H,2-4,7-8,11H2,1H3,(H,18,19,20,21)/t15-/m1/s1. The Bertz CT molecular complexity index is 667. The van der Waals surface area contributed by atoms with Crippen molar-refractivity contribution in [2.75, 3.05) is 7.05 Å². The van der Waals surface area contributed by atoms with Gasteiger partial charge in [0.15, 0.2) is 0 Å². The number of tetrazole rings is 1. The second-order valence-electron chi connectivity index (χ2n) is 6.47. The lowest BCUT2D eigenvalue weighted by Gasteiger charge is -2.29. The summed E-state index contributed by atoms with van der Waals surface area (Å²) in [4.78, 5) is 14.1. The molecular weight excluding hydrogens is 306 g/mol. The lowest BCUT2D eigenvalue weighted by atomic mass is 9.85. The van der Waals surface area contributed by atoms with Crippen molar-refractivity contribution in [3.05, 3.63) is 29.8 Å². The molecule has 1 fully saturated rings. The number of nitrogens with zero attached hydrogens (tertiary/aromatic N) is 4. The average Bonchev–Trinajstić information content (AvgIpc) is 3.16. The summed E-state index contributed by atoms with van der Waals surface area (Å²) in [6, 6.07) is 7.67. The van der Waals surface area contributed by atoms with E-state index in [0.29, 0.717) is 12.4 Å². The van der Waals surface area contributed by atoms with E-state index in [4.69, 9.17) is 0 Å². The summed E-state index contributed by atoms with van der Waals surface area (Å²) < 4.78 is 0. The van der Waals surface area contributed by atoms with Crippen molar-refractivity contribution in [2.24, 2.45) is 5.92 Å². The second-order valence-corrected chi connectivity index (χ2v) is 6.47. The predicted molar refractivity (Wildman–Crippen MR) is 88.7 cm³/mol. The van der Waals surface area contributed by atoms with Crippen LogP contribution in [-0.4, -0.2) is 49.7 Å². The zero-order valence-corrected chi connectivity index (χ0v) is 13.9. The number of aliphatic hydroxyl groups excluding tert-OH is 1. The van der Waals surface area contributed by atoms with Crippen molar-refractivity contribution in [3.8, 4) is 11.4 Å². The minimum atomic E-state index is -0.893. The van der Waals surface area contributed by atoms with E-state index in [-0.39, 0.29) is 11.8 Å². The Morgan fingerprint density at radius 1 is 1.38 bits per heavy atom. The maximum Gasteiger partial charge on any atom is 0.251 e. The number of carbonyl (C=O) groups is 1. The summed E-state index contributed by atoms with van der Waals surface area (Å²) in [6.07, 6.45) is 4.39. The summed E-state index contributed by atoms with van der Waals surface area (Å²) in [7, 11) is 1.73. The van der Waals surface area contributed by atoms with E-state index in [1.165, 1.54) is 6.42 Å². The van der Waals surface area contributed by atoms with Crippen molar-refractivity contribution in [1.82, 2.24) is 25.5 Å². The lowest BCUT2D eigenvalue weighted by Crippen LogP contribution is -2.40. The van der Waals surface area contributed by atoms with Crippen molar-refractivity contribution in [3.63, 3.8) is 0 Å². The molecule has 1 amide bonds. The minimum Gasteiger partial charge on any atom is -0.383 e. The highest BCUT2D eigenvalue weighted by Crippen LogP contribution is 2.27. The van der Waals surface area contributed by atoms with E-state index in [9.17, 15) is 9.90 Å². The molecule has 7 nitrogen and oxygen atoms in total. The van der Waals surface area contributed by atoms with E-state index >= 15 is 0 Å². The fourth-order valence-corrected chi connectivity index (χ4v) is 3.32. The summed E-state index contributed by atoms with van der Waals surface area (Å²) in [5, 5.41) is 24.3. The molecule has 1 aliphatic rings. The van der Waals surface area contributed by atoms with Crippen LogP contribution in [0.25, 0.3) is 11.4 Å². The predicted octanol–water partition coefficient (Wildman–Crippen LogP) is 1.77. The van der Waals surface area contributed by atoms with Crippen LogP contribution < -0.4 is 0 Å². The normalized spacial score (nSPS) is 16.8. The van der Waals surface area contributed by atoms with Crippen LogP contribution >= 0.6 is 0 Å². The molecule has 0 saturated heterocycles. The number of aliphatic hydroxyl groups is 1. The highest BCUT2D eigenvalue weighted by Gasteiger charge is 2.29. The molecule has 0 aliphatic heterocycles. The molecule has 1 heterocycles. The molecule has 1 aromatic carbocycles. The number of carbonyl (C=O) groups excluding carboxylic acids is 1. The van der Waals surface area contributed by atoms with Gasteiger partial charge in [0.2, 0.25) is 5.82 Å². The van der Waals surface area contributed by atoms with Crippen LogP contribution in [0.4, 0.5) is 0 Å². The number of benzene rings is 1. The summed E-state index contributed by atoms with van der Waals surface area (Å²) in [5.74, 6) is 0.416. The maximum atomic E-state index is 12.5. The zero-order valence-electron chi connectivity index (χ0n) is 13.9. The first-order valence-corrected chi connectivity index (χ1v) is 8.41. The van der Waals surface area contributed by atoms with Crippen molar-refractivity contribution in [2.45, 2.75) is 44.8 Å². The van der Waals surface area contributed by atoms with E-state index in [1.54, 1.807) is 11.9 Å². The number of hydrogen-bond acceptors (Lipinski definition) is 5. The van der Waals surface area contributed by atoms with Gasteiger partial charge in [0.25, 0.3) is 5.91 Å². The summed E-state index contributed by atoms with van der Waals surface area (Å²) in [6.45, 7) is 0.439. The van der Waals surface area contributed by atoms with Gasteiger partial charge in [-0.25, -0.2) is 0 Å². The van der Waals surface area contributed by atoms with Gasteiger partial charge >= 0.3 is 0 Å². The highest BCUT2D eigenvalue weighted by atomic mass is 16.3. The maximum absolute atomic E-state index is 12.5. The molecule has 0 radical (unpaired) electrons. The Kier molecular flexibility index (Phi) is 5.20. The lowest BCUT2D eigenvalue weighted by molar-refractivity contribution is -0.143. The van der Waals surface area contributed by atoms with Crippen LogP contribution in [-0.2, 0) is 11.3 Å². The Labute approximate surface area is 141 Å².